The minimum atomic E-state index is -0.310. The van der Waals surface area contributed by atoms with E-state index in [4.69, 9.17) is 4.74 Å². The molecule has 0 saturated carbocycles. The molecule has 0 aliphatic carbocycles. The van der Waals surface area contributed by atoms with Gasteiger partial charge < -0.3 is 14.5 Å². The SMILES string of the molecule is COc1cccc(CN(CC(C)C)C(=O)[C@H]2CC(=O)N(Cc3ccccn3)C2)c1. The first kappa shape index (κ1) is 20.8. The van der Waals surface area contributed by atoms with Crippen molar-refractivity contribution in [1.82, 2.24) is 14.8 Å². The van der Waals surface area contributed by atoms with Gasteiger partial charge in [-0.2, -0.15) is 0 Å². The number of hydrogen-bond donors (Lipinski definition) is 0. The van der Waals surface area contributed by atoms with E-state index >= 15 is 0 Å². The number of rotatable bonds is 8. The van der Waals surface area contributed by atoms with Crippen LogP contribution in [0, 0.1) is 11.8 Å². The zero-order valence-corrected chi connectivity index (χ0v) is 17.4. The zero-order valence-electron chi connectivity index (χ0n) is 17.4. The second-order valence-corrected chi connectivity index (χ2v) is 7.96. The highest BCUT2D eigenvalue weighted by molar-refractivity contribution is 5.89. The monoisotopic (exact) mass is 395 g/mol. The van der Waals surface area contributed by atoms with E-state index in [2.05, 4.69) is 18.8 Å². The molecule has 2 amide bonds. The number of carbonyl (C=O) groups is 2. The molecule has 1 aliphatic rings. The van der Waals surface area contributed by atoms with Crippen molar-refractivity contribution in [3.05, 3.63) is 59.9 Å². The number of benzene rings is 1. The van der Waals surface area contributed by atoms with Crippen molar-refractivity contribution < 1.29 is 14.3 Å². The zero-order chi connectivity index (χ0) is 20.8. The minimum absolute atomic E-state index is 0.0138. The normalized spacial score (nSPS) is 16.3. The van der Waals surface area contributed by atoms with Crippen LogP contribution in [0.4, 0.5) is 0 Å². The second kappa shape index (κ2) is 9.54. The van der Waals surface area contributed by atoms with E-state index in [-0.39, 0.29) is 24.2 Å². The van der Waals surface area contributed by atoms with E-state index in [1.165, 1.54) is 0 Å². The first-order chi connectivity index (χ1) is 14.0. The molecule has 1 aromatic carbocycles. The predicted octanol–water partition coefficient (Wildman–Crippen LogP) is 3.12. The van der Waals surface area contributed by atoms with E-state index < -0.39 is 0 Å². The minimum Gasteiger partial charge on any atom is -0.497 e. The van der Waals surface area contributed by atoms with Gasteiger partial charge in [-0.1, -0.05) is 32.0 Å². The van der Waals surface area contributed by atoms with Gasteiger partial charge in [-0.25, -0.2) is 0 Å². The largest absolute Gasteiger partial charge is 0.497 e. The van der Waals surface area contributed by atoms with Crippen LogP contribution in [0.3, 0.4) is 0 Å². The summed E-state index contributed by atoms with van der Waals surface area (Å²) in [6.07, 6.45) is 1.98. The fraction of sp³-hybridized carbons (Fsp3) is 0.435. The number of amides is 2. The highest BCUT2D eigenvalue weighted by Gasteiger charge is 2.36. The van der Waals surface area contributed by atoms with Gasteiger partial charge in [0, 0.05) is 32.3 Å². The van der Waals surface area contributed by atoms with E-state index in [0.29, 0.717) is 32.1 Å². The number of aromatic nitrogens is 1. The average Bonchev–Trinajstić information content (AvgIpc) is 3.08. The number of carbonyl (C=O) groups excluding carboxylic acids is 2. The number of methoxy groups -OCH3 is 1. The Morgan fingerprint density at radius 3 is 2.79 bits per heavy atom. The Morgan fingerprint density at radius 1 is 1.28 bits per heavy atom. The Kier molecular flexibility index (Phi) is 6.86. The lowest BCUT2D eigenvalue weighted by Crippen LogP contribution is -2.39. The quantitative estimate of drug-likeness (QED) is 0.689. The molecule has 0 spiro atoms. The van der Waals surface area contributed by atoms with Crippen molar-refractivity contribution in [2.75, 3.05) is 20.2 Å². The average molecular weight is 396 g/mol. The Morgan fingerprint density at radius 2 is 2.10 bits per heavy atom. The van der Waals surface area contributed by atoms with Gasteiger partial charge >= 0.3 is 0 Å². The number of hydrogen-bond acceptors (Lipinski definition) is 4. The molecule has 1 aliphatic heterocycles. The van der Waals surface area contributed by atoms with Gasteiger partial charge in [-0.3, -0.25) is 14.6 Å². The van der Waals surface area contributed by atoms with Crippen LogP contribution >= 0.6 is 0 Å². The van der Waals surface area contributed by atoms with Crippen molar-refractivity contribution in [1.29, 1.82) is 0 Å². The van der Waals surface area contributed by atoms with Gasteiger partial charge in [-0.05, 0) is 35.7 Å². The first-order valence-corrected chi connectivity index (χ1v) is 10.1. The molecule has 1 fully saturated rings. The summed E-state index contributed by atoms with van der Waals surface area (Å²) >= 11 is 0. The maximum Gasteiger partial charge on any atom is 0.228 e. The van der Waals surface area contributed by atoms with E-state index in [9.17, 15) is 9.59 Å². The van der Waals surface area contributed by atoms with Crippen molar-refractivity contribution in [3.8, 4) is 5.75 Å². The third-order valence-corrected chi connectivity index (χ3v) is 5.05. The van der Waals surface area contributed by atoms with Crippen LogP contribution in [0.15, 0.2) is 48.7 Å². The van der Waals surface area contributed by atoms with E-state index in [1.54, 1.807) is 18.2 Å². The van der Waals surface area contributed by atoms with E-state index in [1.807, 2.05) is 47.4 Å². The third kappa shape index (κ3) is 5.56. The maximum absolute atomic E-state index is 13.3. The molecular weight excluding hydrogens is 366 g/mol. The topological polar surface area (TPSA) is 62.7 Å². The Balaban J connectivity index is 1.69. The lowest BCUT2D eigenvalue weighted by Gasteiger charge is -2.27. The van der Waals surface area contributed by atoms with Crippen LogP contribution in [0.25, 0.3) is 0 Å². The number of likely N-dealkylation sites (tertiary alicyclic amines) is 1. The van der Waals surface area contributed by atoms with Gasteiger partial charge in [-0.15, -0.1) is 0 Å². The van der Waals surface area contributed by atoms with Crippen LogP contribution in [-0.4, -0.2) is 46.8 Å². The number of pyridine rings is 1. The van der Waals surface area contributed by atoms with Crippen LogP contribution in [0.1, 0.15) is 31.5 Å². The molecule has 0 N–H and O–H groups in total. The molecule has 0 radical (unpaired) electrons. The summed E-state index contributed by atoms with van der Waals surface area (Å²) in [6, 6.07) is 13.4. The highest BCUT2D eigenvalue weighted by atomic mass is 16.5. The molecule has 0 unspecified atom stereocenters. The summed E-state index contributed by atoms with van der Waals surface area (Å²) < 4.78 is 5.30. The predicted molar refractivity (Wildman–Crippen MR) is 111 cm³/mol. The van der Waals surface area contributed by atoms with Gasteiger partial charge in [0.05, 0.1) is 25.3 Å². The lowest BCUT2D eigenvalue weighted by molar-refractivity contribution is -0.137. The second-order valence-electron chi connectivity index (χ2n) is 7.96. The summed E-state index contributed by atoms with van der Waals surface area (Å²) in [4.78, 5) is 33.7. The fourth-order valence-corrected chi connectivity index (χ4v) is 3.70. The van der Waals surface area contributed by atoms with Gasteiger partial charge in [0.15, 0.2) is 0 Å². The molecule has 3 rings (SSSR count). The van der Waals surface area contributed by atoms with Crippen LogP contribution < -0.4 is 4.74 Å². The first-order valence-electron chi connectivity index (χ1n) is 10.1. The van der Waals surface area contributed by atoms with Crippen molar-refractivity contribution in [2.24, 2.45) is 11.8 Å². The van der Waals surface area contributed by atoms with E-state index in [0.717, 1.165) is 17.0 Å². The standard InChI is InChI=1S/C23H29N3O3/c1-17(2)13-26(14-18-7-6-9-21(11-18)29-3)23(28)19-12-22(27)25(15-19)16-20-8-4-5-10-24-20/h4-11,17,19H,12-16H2,1-3H3/t19-/m0/s1. The molecule has 2 aromatic rings. The molecule has 6 nitrogen and oxygen atoms in total. The molecular formula is C23H29N3O3. The van der Waals surface area contributed by atoms with Gasteiger partial charge in [0.1, 0.15) is 5.75 Å². The maximum atomic E-state index is 13.3. The van der Waals surface area contributed by atoms with Crippen molar-refractivity contribution in [2.45, 2.75) is 33.4 Å². The van der Waals surface area contributed by atoms with Crippen LogP contribution in [-0.2, 0) is 22.7 Å². The van der Waals surface area contributed by atoms with Crippen LogP contribution in [0.2, 0.25) is 0 Å². The Bertz CT molecular complexity index is 838. The van der Waals surface area contributed by atoms with Gasteiger partial charge in [0.2, 0.25) is 11.8 Å². The van der Waals surface area contributed by atoms with Crippen LogP contribution in [0.5, 0.6) is 5.75 Å². The molecule has 2 heterocycles. The van der Waals surface area contributed by atoms with Gasteiger partial charge in [0.25, 0.3) is 0 Å². The molecule has 1 aromatic heterocycles. The summed E-state index contributed by atoms with van der Waals surface area (Å²) in [5.41, 5.74) is 1.86. The smallest absolute Gasteiger partial charge is 0.228 e. The third-order valence-electron chi connectivity index (χ3n) is 5.05. The fourth-order valence-electron chi connectivity index (χ4n) is 3.70. The summed E-state index contributed by atoms with van der Waals surface area (Å²) in [6.45, 7) is 6.25. The lowest BCUT2D eigenvalue weighted by atomic mass is 10.0. The van der Waals surface area contributed by atoms with Crippen molar-refractivity contribution in [3.63, 3.8) is 0 Å². The number of ether oxygens (including phenoxy) is 1. The highest BCUT2D eigenvalue weighted by Crippen LogP contribution is 2.24. The molecule has 1 saturated heterocycles. The van der Waals surface area contributed by atoms with Crippen molar-refractivity contribution >= 4 is 11.8 Å². The Hall–Kier alpha value is -2.89. The summed E-state index contributed by atoms with van der Waals surface area (Å²) in [5, 5.41) is 0. The molecule has 29 heavy (non-hydrogen) atoms. The molecule has 6 heteroatoms. The Labute approximate surface area is 172 Å². The summed E-state index contributed by atoms with van der Waals surface area (Å²) in [5.74, 6) is 0.858. The summed E-state index contributed by atoms with van der Waals surface area (Å²) in [7, 11) is 1.64. The molecule has 1 atom stereocenters. The molecule has 154 valence electrons. The number of nitrogens with zero attached hydrogens (tertiary/aromatic N) is 3. The molecule has 0 bridgehead atoms.